The number of ether oxygens (including phenoxy) is 1. The highest BCUT2D eigenvalue weighted by Crippen LogP contribution is 2.32. The molecule has 1 amide bonds. The summed E-state index contributed by atoms with van der Waals surface area (Å²) in [5.41, 5.74) is 3.81. The Bertz CT molecular complexity index is 1020. The lowest BCUT2D eigenvalue weighted by molar-refractivity contribution is 0.121. The quantitative estimate of drug-likeness (QED) is 0.299. The molecule has 1 aromatic heterocycles. The Morgan fingerprint density at radius 1 is 1.30 bits per heavy atom. The van der Waals surface area contributed by atoms with Crippen molar-refractivity contribution in [1.29, 1.82) is 0 Å². The molecule has 0 aliphatic carbocycles. The molecule has 156 valence electrons. The Morgan fingerprint density at radius 2 is 2.03 bits per heavy atom. The summed E-state index contributed by atoms with van der Waals surface area (Å²) in [5, 5.41) is 7.30. The minimum Gasteiger partial charge on any atom is -0.441 e. The van der Waals surface area contributed by atoms with Crippen LogP contribution in [0.4, 0.5) is 10.5 Å². The van der Waals surface area contributed by atoms with E-state index in [0.717, 1.165) is 22.6 Å². The zero-order valence-electron chi connectivity index (χ0n) is 16.9. The van der Waals surface area contributed by atoms with Crippen LogP contribution in [0.1, 0.15) is 29.8 Å². The van der Waals surface area contributed by atoms with Crippen LogP contribution < -0.4 is 5.32 Å². The number of aromatic nitrogens is 1. The van der Waals surface area contributed by atoms with Gasteiger partial charge in [0.2, 0.25) is 0 Å². The van der Waals surface area contributed by atoms with E-state index in [-0.39, 0.29) is 0 Å². The predicted octanol–water partition coefficient (Wildman–Crippen LogP) is 7.03. The van der Waals surface area contributed by atoms with Crippen molar-refractivity contribution in [2.75, 3.05) is 11.1 Å². The van der Waals surface area contributed by atoms with Crippen molar-refractivity contribution in [2.45, 2.75) is 25.7 Å². The summed E-state index contributed by atoms with van der Waals surface area (Å²) >= 11 is 7.98. The first-order valence-corrected chi connectivity index (χ1v) is 11.0. The number of amides is 1. The highest BCUT2D eigenvalue weighted by molar-refractivity contribution is 7.98. The summed E-state index contributed by atoms with van der Waals surface area (Å²) in [7, 11) is 0. The van der Waals surface area contributed by atoms with Gasteiger partial charge in [0.05, 0.1) is 0 Å². The molecular weight excluding hydrogens is 420 g/mol. The number of hydrogen-bond donors (Lipinski definition) is 1. The predicted molar refractivity (Wildman–Crippen MR) is 123 cm³/mol. The Labute approximate surface area is 185 Å². The molecule has 30 heavy (non-hydrogen) atoms. The number of hydrogen-bond acceptors (Lipinski definition) is 5. The van der Waals surface area contributed by atoms with Crippen molar-refractivity contribution >= 4 is 35.1 Å². The lowest BCUT2D eigenvalue weighted by atomic mass is 10.1. The maximum atomic E-state index is 12.5. The van der Waals surface area contributed by atoms with Crippen molar-refractivity contribution in [3.63, 3.8) is 0 Å². The SMILES string of the molecule is C=CCSCc1ccc(-c2onc(C)c2NC(=O)OC(C)c2ccccc2Cl)cc1. The molecule has 7 heteroatoms. The molecule has 5 nitrogen and oxygen atoms in total. The third-order valence-corrected chi connectivity index (χ3v) is 5.79. The van der Waals surface area contributed by atoms with E-state index < -0.39 is 12.2 Å². The summed E-state index contributed by atoms with van der Waals surface area (Å²) in [6, 6.07) is 15.2. The van der Waals surface area contributed by atoms with E-state index in [1.54, 1.807) is 31.7 Å². The molecule has 0 fully saturated rings. The van der Waals surface area contributed by atoms with Gasteiger partial charge in [0.15, 0.2) is 5.76 Å². The molecule has 2 aromatic carbocycles. The molecule has 0 aliphatic rings. The van der Waals surface area contributed by atoms with Crippen LogP contribution in [0.3, 0.4) is 0 Å². The Balaban J connectivity index is 1.70. The fraction of sp³-hybridized carbons (Fsp3) is 0.217. The first-order chi connectivity index (χ1) is 14.5. The van der Waals surface area contributed by atoms with E-state index in [4.69, 9.17) is 20.9 Å². The van der Waals surface area contributed by atoms with Crippen molar-refractivity contribution in [2.24, 2.45) is 0 Å². The molecule has 3 rings (SSSR count). The van der Waals surface area contributed by atoms with Gasteiger partial charge in [0.25, 0.3) is 0 Å². The van der Waals surface area contributed by atoms with E-state index in [1.165, 1.54) is 5.56 Å². The summed E-state index contributed by atoms with van der Waals surface area (Å²) in [6.45, 7) is 7.26. The standard InChI is InChI=1S/C23H23ClN2O3S/c1-4-13-30-14-17-9-11-18(12-10-17)22-21(15(2)26-29-22)25-23(27)28-16(3)19-7-5-6-8-20(19)24/h4-12,16H,1,13-14H2,2-3H3,(H,25,27). The first kappa shape index (κ1) is 22.0. The van der Waals surface area contributed by atoms with Crippen LogP contribution in [0.5, 0.6) is 0 Å². The van der Waals surface area contributed by atoms with Crippen LogP contribution in [0.25, 0.3) is 11.3 Å². The molecule has 0 saturated heterocycles. The Kier molecular flexibility index (Phi) is 7.60. The third kappa shape index (κ3) is 5.46. The topological polar surface area (TPSA) is 64.4 Å². The van der Waals surface area contributed by atoms with E-state index in [2.05, 4.69) is 17.1 Å². The fourth-order valence-electron chi connectivity index (χ4n) is 2.89. The molecule has 1 heterocycles. The number of carbonyl (C=O) groups is 1. The molecule has 1 unspecified atom stereocenters. The molecule has 0 spiro atoms. The normalized spacial score (nSPS) is 11.7. The van der Waals surface area contributed by atoms with Gasteiger partial charge in [0, 0.05) is 27.7 Å². The second kappa shape index (κ2) is 10.4. The molecule has 3 aromatic rings. The van der Waals surface area contributed by atoms with E-state index in [0.29, 0.717) is 22.2 Å². The maximum Gasteiger partial charge on any atom is 0.412 e. The van der Waals surface area contributed by atoms with Crippen LogP contribution in [-0.4, -0.2) is 17.0 Å². The monoisotopic (exact) mass is 442 g/mol. The van der Waals surface area contributed by atoms with Gasteiger partial charge < -0.3 is 9.26 Å². The van der Waals surface area contributed by atoms with Crippen molar-refractivity contribution < 1.29 is 14.1 Å². The summed E-state index contributed by atoms with van der Waals surface area (Å²) in [4.78, 5) is 12.5. The summed E-state index contributed by atoms with van der Waals surface area (Å²) in [6.07, 6.45) is 0.780. The first-order valence-electron chi connectivity index (χ1n) is 9.46. The molecule has 1 atom stereocenters. The number of nitrogens with zero attached hydrogens (tertiary/aromatic N) is 1. The minimum absolute atomic E-state index is 0.486. The Hall–Kier alpha value is -2.70. The second-order valence-corrected chi connectivity index (χ2v) is 8.10. The second-order valence-electron chi connectivity index (χ2n) is 6.67. The van der Waals surface area contributed by atoms with Crippen LogP contribution >= 0.6 is 23.4 Å². The smallest absolute Gasteiger partial charge is 0.412 e. The largest absolute Gasteiger partial charge is 0.441 e. The fourth-order valence-corrected chi connectivity index (χ4v) is 3.89. The van der Waals surface area contributed by atoms with Gasteiger partial charge in [-0.3, -0.25) is 5.32 Å². The highest BCUT2D eigenvalue weighted by Gasteiger charge is 2.20. The van der Waals surface area contributed by atoms with E-state index in [9.17, 15) is 4.79 Å². The summed E-state index contributed by atoms with van der Waals surface area (Å²) < 4.78 is 11.0. The molecule has 1 N–H and O–H groups in total. The van der Waals surface area contributed by atoms with Crippen molar-refractivity contribution in [1.82, 2.24) is 5.16 Å². The third-order valence-electron chi connectivity index (χ3n) is 4.44. The maximum absolute atomic E-state index is 12.5. The van der Waals surface area contributed by atoms with Gasteiger partial charge in [0.1, 0.15) is 17.5 Å². The lowest BCUT2D eigenvalue weighted by Gasteiger charge is -2.15. The van der Waals surface area contributed by atoms with Crippen molar-refractivity contribution in [3.05, 3.63) is 83.0 Å². The molecular formula is C23H23ClN2O3S. The van der Waals surface area contributed by atoms with Crippen LogP contribution in [0, 0.1) is 6.92 Å². The van der Waals surface area contributed by atoms with Gasteiger partial charge in [-0.2, -0.15) is 11.8 Å². The zero-order valence-corrected chi connectivity index (χ0v) is 18.4. The average molecular weight is 443 g/mol. The van der Waals surface area contributed by atoms with Crippen LogP contribution in [-0.2, 0) is 10.5 Å². The number of benzene rings is 2. The zero-order chi connectivity index (χ0) is 21.5. The number of carbonyl (C=O) groups excluding carboxylic acids is 1. The number of thioether (sulfide) groups is 1. The van der Waals surface area contributed by atoms with Gasteiger partial charge >= 0.3 is 6.09 Å². The number of halogens is 1. The number of aryl methyl sites for hydroxylation is 1. The summed E-state index contributed by atoms with van der Waals surface area (Å²) in [5.74, 6) is 2.30. The van der Waals surface area contributed by atoms with Gasteiger partial charge in [-0.05, 0) is 25.5 Å². The van der Waals surface area contributed by atoms with E-state index >= 15 is 0 Å². The molecule has 0 saturated carbocycles. The van der Waals surface area contributed by atoms with Crippen molar-refractivity contribution in [3.8, 4) is 11.3 Å². The number of nitrogens with one attached hydrogen (secondary N) is 1. The van der Waals surface area contributed by atoms with E-state index in [1.807, 2.05) is 48.5 Å². The lowest BCUT2D eigenvalue weighted by Crippen LogP contribution is -2.17. The van der Waals surface area contributed by atoms with Crippen LogP contribution in [0.2, 0.25) is 5.02 Å². The highest BCUT2D eigenvalue weighted by atomic mass is 35.5. The minimum atomic E-state index is -0.604. The molecule has 0 bridgehead atoms. The molecule has 0 aliphatic heterocycles. The number of rotatable bonds is 8. The van der Waals surface area contributed by atoms with Crippen LogP contribution in [0.15, 0.2) is 65.7 Å². The van der Waals surface area contributed by atoms with Gasteiger partial charge in [-0.1, -0.05) is 65.3 Å². The average Bonchev–Trinajstić information content (AvgIpc) is 3.09. The number of anilines is 1. The Morgan fingerprint density at radius 3 is 2.73 bits per heavy atom. The van der Waals surface area contributed by atoms with Gasteiger partial charge in [-0.15, -0.1) is 6.58 Å². The molecule has 0 radical (unpaired) electrons. The van der Waals surface area contributed by atoms with Gasteiger partial charge in [-0.25, -0.2) is 4.79 Å².